The molecule has 0 aromatic rings. The number of rotatable bonds is 10. The highest BCUT2D eigenvalue weighted by Gasteiger charge is 2.00. The number of aliphatic hydroxyl groups excluding tert-OH is 3. The third kappa shape index (κ3) is 19.3. The van der Waals surface area contributed by atoms with Gasteiger partial charge in [-0.3, -0.25) is 14.5 Å². The first-order valence-corrected chi connectivity index (χ1v) is 5.96. The van der Waals surface area contributed by atoms with Gasteiger partial charge in [0, 0.05) is 32.5 Å². The molecule has 8 heteroatoms. The van der Waals surface area contributed by atoms with Crippen molar-refractivity contribution in [3.8, 4) is 0 Å². The standard InChI is InChI=1S/C6H15NO3.C5H8O4/c8-4-1-7(2-5-9)3-6-10;6-4(7)2-1-3-5(8)9/h8-10H,1-6H2;1-3H2,(H,6,7)(H,8,9). The van der Waals surface area contributed by atoms with Crippen LogP contribution in [-0.2, 0) is 9.59 Å². The van der Waals surface area contributed by atoms with Gasteiger partial charge >= 0.3 is 11.9 Å². The van der Waals surface area contributed by atoms with Gasteiger partial charge in [-0.25, -0.2) is 0 Å². The quantitative estimate of drug-likeness (QED) is 0.329. The van der Waals surface area contributed by atoms with Crippen molar-refractivity contribution in [2.75, 3.05) is 39.5 Å². The Kier molecular flexibility index (Phi) is 15.7. The number of aliphatic hydroxyl groups is 3. The van der Waals surface area contributed by atoms with Gasteiger partial charge in [-0.2, -0.15) is 0 Å². The molecule has 0 saturated carbocycles. The number of carboxylic acid groups (broad SMARTS) is 2. The van der Waals surface area contributed by atoms with Crippen LogP contribution in [0.25, 0.3) is 0 Å². The molecule has 0 aliphatic rings. The van der Waals surface area contributed by atoms with E-state index >= 15 is 0 Å². The summed E-state index contributed by atoms with van der Waals surface area (Å²) in [4.78, 5) is 21.4. The molecule has 0 aromatic heterocycles. The van der Waals surface area contributed by atoms with Crippen molar-refractivity contribution in [1.29, 1.82) is 0 Å². The van der Waals surface area contributed by atoms with Crippen LogP contribution < -0.4 is 0 Å². The van der Waals surface area contributed by atoms with E-state index in [0.717, 1.165) is 0 Å². The van der Waals surface area contributed by atoms with Gasteiger partial charge in [0.05, 0.1) is 19.8 Å². The van der Waals surface area contributed by atoms with E-state index in [-0.39, 0.29) is 39.1 Å². The first-order valence-electron chi connectivity index (χ1n) is 5.96. The fourth-order valence-electron chi connectivity index (χ4n) is 1.15. The average Bonchev–Trinajstić information content (AvgIpc) is 2.30. The summed E-state index contributed by atoms with van der Waals surface area (Å²) in [6.07, 6.45) is 0.0866. The van der Waals surface area contributed by atoms with Crippen molar-refractivity contribution in [2.45, 2.75) is 19.3 Å². The molecular formula is C11H23NO7. The van der Waals surface area contributed by atoms with E-state index in [2.05, 4.69) is 0 Å². The Morgan fingerprint density at radius 1 is 0.737 bits per heavy atom. The van der Waals surface area contributed by atoms with Gasteiger partial charge < -0.3 is 25.5 Å². The summed E-state index contributed by atoms with van der Waals surface area (Å²) in [5, 5.41) is 41.5. The number of carbonyl (C=O) groups is 2. The lowest BCUT2D eigenvalue weighted by molar-refractivity contribution is -0.138. The van der Waals surface area contributed by atoms with Crippen LogP contribution >= 0.6 is 0 Å². The van der Waals surface area contributed by atoms with Gasteiger partial charge in [-0.15, -0.1) is 0 Å². The molecule has 0 aromatic carbocycles. The maximum absolute atomic E-state index is 9.79. The predicted molar refractivity (Wildman–Crippen MR) is 66.8 cm³/mol. The maximum Gasteiger partial charge on any atom is 0.303 e. The Balaban J connectivity index is 0. The molecule has 0 saturated heterocycles. The molecule has 0 amide bonds. The van der Waals surface area contributed by atoms with Crippen LogP contribution in [0, 0.1) is 0 Å². The van der Waals surface area contributed by atoms with E-state index in [1.54, 1.807) is 4.90 Å². The second-order valence-electron chi connectivity index (χ2n) is 3.65. The normalized spacial score (nSPS) is 9.89. The van der Waals surface area contributed by atoms with Crippen molar-refractivity contribution in [1.82, 2.24) is 4.90 Å². The molecule has 0 radical (unpaired) electrons. The largest absolute Gasteiger partial charge is 0.481 e. The van der Waals surface area contributed by atoms with Gasteiger partial charge in [-0.1, -0.05) is 0 Å². The second-order valence-corrected chi connectivity index (χ2v) is 3.65. The summed E-state index contributed by atoms with van der Waals surface area (Å²) in [6, 6.07) is 0. The SMILES string of the molecule is O=C(O)CCCC(=O)O.OCCN(CCO)CCO. The number of hydrogen-bond donors (Lipinski definition) is 5. The third-order valence-electron chi connectivity index (χ3n) is 2.03. The van der Waals surface area contributed by atoms with E-state index in [1.807, 2.05) is 0 Å². The first-order chi connectivity index (χ1) is 8.97. The van der Waals surface area contributed by atoms with Crippen LogP contribution in [0.2, 0.25) is 0 Å². The van der Waals surface area contributed by atoms with Crippen molar-refractivity contribution in [2.24, 2.45) is 0 Å². The average molecular weight is 281 g/mol. The van der Waals surface area contributed by atoms with Crippen LogP contribution in [0.15, 0.2) is 0 Å². The summed E-state index contributed by atoms with van der Waals surface area (Å²) in [5.41, 5.74) is 0. The zero-order chi connectivity index (χ0) is 15.1. The summed E-state index contributed by atoms with van der Waals surface area (Å²) in [7, 11) is 0. The minimum absolute atomic E-state index is 0.0632. The van der Waals surface area contributed by atoms with Crippen LogP contribution in [0.3, 0.4) is 0 Å². The van der Waals surface area contributed by atoms with E-state index in [0.29, 0.717) is 19.6 Å². The van der Waals surface area contributed by atoms with Crippen LogP contribution in [0.4, 0.5) is 0 Å². The number of carboxylic acids is 2. The number of nitrogens with zero attached hydrogens (tertiary/aromatic N) is 1. The molecule has 0 spiro atoms. The number of aliphatic carboxylic acids is 2. The lowest BCUT2D eigenvalue weighted by atomic mass is 10.2. The summed E-state index contributed by atoms with van der Waals surface area (Å²) < 4.78 is 0. The highest BCUT2D eigenvalue weighted by atomic mass is 16.4. The Labute approximate surface area is 111 Å². The van der Waals surface area contributed by atoms with Gasteiger partial charge in [0.1, 0.15) is 0 Å². The minimum atomic E-state index is -0.948. The second kappa shape index (κ2) is 14.8. The van der Waals surface area contributed by atoms with E-state index in [9.17, 15) is 9.59 Å². The van der Waals surface area contributed by atoms with Crippen LogP contribution in [0.1, 0.15) is 19.3 Å². The molecular weight excluding hydrogens is 258 g/mol. The summed E-state index contributed by atoms with van der Waals surface area (Å²) in [6.45, 7) is 1.75. The topological polar surface area (TPSA) is 139 Å². The van der Waals surface area contributed by atoms with Crippen molar-refractivity contribution in [3.63, 3.8) is 0 Å². The fourth-order valence-corrected chi connectivity index (χ4v) is 1.15. The molecule has 19 heavy (non-hydrogen) atoms. The number of hydrogen-bond acceptors (Lipinski definition) is 6. The smallest absolute Gasteiger partial charge is 0.303 e. The molecule has 0 atom stereocenters. The lowest BCUT2D eigenvalue weighted by Crippen LogP contribution is -2.32. The van der Waals surface area contributed by atoms with Gasteiger partial charge in [0.2, 0.25) is 0 Å². The molecule has 0 fully saturated rings. The van der Waals surface area contributed by atoms with Crippen LogP contribution in [-0.4, -0.2) is 81.8 Å². The first kappa shape index (κ1) is 20.1. The zero-order valence-corrected chi connectivity index (χ0v) is 10.9. The molecule has 8 nitrogen and oxygen atoms in total. The fraction of sp³-hybridized carbons (Fsp3) is 0.818. The predicted octanol–water partition coefficient (Wildman–Crippen LogP) is -1.41. The Hall–Kier alpha value is -1.22. The highest BCUT2D eigenvalue weighted by molar-refractivity contribution is 5.69. The molecule has 114 valence electrons. The van der Waals surface area contributed by atoms with E-state index in [4.69, 9.17) is 25.5 Å². The molecule has 0 aliphatic carbocycles. The maximum atomic E-state index is 9.79. The van der Waals surface area contributed by atoms with Gasteiger partial charge in [0.15, 0.2) is 0 Å². The monoisotopic (exact) mass is 281 g/mol. The van der Waals surface area contributed by atoms with E-state index in [1.165, 1.54) is 0 Å². The Morgan fingerprint density at radius 2 is 1.05 bits per heavy atom. The molecule has 0 rings (SSSR count). The van der Waals surface area contributed by atoms with Crippen molar-refractivity contribution < 1.29 is 35.1 Å². The third-order valence-corrected chi connectivity index (χ3v) is 2.03. The van der Waals surface area contributed by atoms with Crippen molar-refractivity contribution >= 4 is 11.9 Å². The zero-order valence-electron chi connectivity index (χ0n) is 10.9. The van der Waals surface area contributed by atoms with Gasteiger partial charge in [-0.05, 0) is 6.42 Å². The molecule has 0 heterocycles. The Bertz CT molecular complexity index is 207. The molecule has 0 aliphatic heterocycles. The molecule has 0 bridgehead atoms. The Morgan fingerprint density at radius 3 is 1.26 bits per heavy atom. The minimum Gasteiger partial charge on any atom is -0.481 e. The highest BCUT2D eigenvalue weighted by Crippen LogP contribution is 1.93. The lowest BCUT2D eigenvalue weighted by Gasteiger charge is -2.17. The van der Waals surface area contributed by atoms with Gasteiger partial charge in [0.25, 0.3) is 0 Å². The molecule has 5 N–H and O–H groups in total. The summed E-state index contributed by atoms with van der Waals surface area (Å²) >= 11 is 0. The molecule has 0 unspecified atom stereocenters. The van der Waals surface area contributed by atoms with Crippen LogP contribution in [0.5, 0.6) is 0 Å². The summed E-state index contributed by atoms with van der Waals surface area (Å²) in [5.74, 6) is -1.90. The van der Waals surface area contributed by atoms with E-state index < -0.39 is 11.9 Å². The van der Waals surface area contributed by atoms with Crippen molar-refractivity contribution in [3.05, 3.63) is 0 Å².